The fraction of sp³-hybridized carbons (Fsp3) is 0. The van der Waals surface area contributed by atoms with Crippen LogP contribution in [0.3, 0.4) is 0 Å². The molecule has 0 spiro atoms. The van der Waals surface area contributed by atoms with E-state index in [1.54, 1.807) is 12.1 Å². The Bertz CT molecular complexity index is 463. The molecule has 0 aromatic carbocycles. The number of hydrogen-bond acceptors (Lipinski definition) is 4. The van der Waals surface area contributed by atoms with Crippen LogP contribution >= 0.6 is 22.9 Å². The quantitative estimate of drug-likeness (QED) is 0.860. The summed E-state index contributed by atoms with van der Waals surface area (Å²) in [4.78, 5) is 14.5. The van der Waals surface area contributed by atoms with Crippen LogP contribution in [0.2, 0.25) is 4.34 Å². The monoisotopic (exact) mass is 229 g/mol. The average Bonchev–Trinajstić information content (AvgIpc) is 2.70. The predicted octanol–water partition coefficient (Wildman–Crippen LogP) is 2.75. The molecule has 0 atom stereocenters. The lowest BCUT2D eigenvalue weighted by Gasteiger charge is -1.85. The summed E-state index contributed by atoms with van der Waals surface area (Å²) in [6, 6.07) is 3.39. The third-order valence-corrected chi connectivity index (χ3v) is 2.79. The van der Waals surface area contributed by atoms with Gasteiger partial charge in [0, 0.05) is 0 Å². The Balaban J connectivity index is 2.48. The lowest BCUT2D eigenvalue weighted by Crippen LogP contribution is -1.96. The van der Waals surface area contributed by atoms with Crippen molar-refractivity contribution in [2.45, 2.75) is 0 Å². The van der Waals surface area contributed by atoms with E-state index in [4.69, 9.17) is 21.1 Å². The molecular weight excluding hydrogens is 226 g/mol. The van der Waals surface area contributed by atoms with Crippen LogP contribution in [0.25, 0.3) is 10.8 Å². The highest BCUT2D eigenvalue weighted by Gasteiger charge is 2.17. The van der Waals surface area contributed by atoms with Crippen molar-refractivity contribution in [3.63, 3.8) is 0 Å². The van der Waals surface area contributed by atoms with Gasteiger partial charge in [0.05, 0.1) is 6.26 Å². The van der Waals surface area contributed by atoms with E-state index >= 15 is 0 Å². The Morgan fingerprint density at radius 3 is 2.93 bits per heavy atom. The Hall–Kier alpha value is -1.33. The maximum atomic E-state index is 10.6. The minimum absolute atomic E-state index is 0.136. The van der Waals surface area contributed by atoms with Crippen molar-refractivity contribution in [3.05, 3.63) is 28.4 Å². The van der Waals surface area contributed by atoms with Gasteiger partial charge in [0.15, 0.2) is 16.5 Å². The summed E-state index contributed by atoms with van der Waals surface area (Å²) in [6.07, 6.45) is 1.49. The van der Waals surface area contributed by atoms with Crippen molar-refractivity contribution in [2.24, 2.45) is 0 Å². The number of carboxylic acid groups (broad SMARTS) is 1. The summed E-state index contributed by atoms with van der Waals surface area (Å²) in [7, 11) is 0. The molecule has 0 bridgehead atoms. The van der Waals surface area contributed by atoms with Gasteiger partial charge in [0.25, 0.3) is 0 Å². The highest BCUT2D eigenvalue weighted by atomic mass is 35.5. The van der Waals surface area contributed by atoms with E-state index in [-0.39, 0.29) is 10.0 Å². The Morgan fingerprint density at radius 2 is 2.43 bits per heavy atom. The molecular formula is C8H4ClNO3S. The third-order valence-electron chi connectivity index (χ3n) is 1.52. The minimum atomic E-state index is -1.14. The standard InChI is InChI=1S/C8H4ClNO3S/c9-6-5(8(11)12)10-7(14-6)4-2-1-3-13-4/h1-3H,(H,11,12). The number of thiazole rings is 1. The molecule has 0 saturated carbocycles. The molecule has 0 radical (unpaired) electrons. The SMILES string of the molecule is O=C(O)c1nc(-c2ccco2)sc1Cl. The highest BCUT2D eigenvalue weighted by molar-refractivity contribution is 7.19. The second-order valence-electron chi connectivity index (χ2n) is 2.42. The Kier molecular flexibility index (Phi) is 2.26. The molecule has 14 heavy (non-hydrogen) atoms. The zero-order valence-electron chi connectivity index (χ0n) is 6.73. The van der Waals surface area contributed by atoms with Gasteiger partial charge < -0.3 is 9.52 Å². The maximum absolute atomic E-state index is 10.6. The van der Waals surface area contributed by atoms with E-state index in [9.17, 15) is 4.79 Å². The molecule has 2 aromatic heterocycles. The van der Waals surface area contributed by atoms with Gasteiger partial charge in [-0.1, -0.05) is 22.9 Å². The fourth-order valence-corrected chi connectivity index (χ4v) is 2.03. The molecule has 2 aromatic rings. The number of halogens is 1. The molecule has 0 unspecified atom stereocenters. The summed E-state index contributed by atoms with van der Waals surface area (Å²) in [5.74, 6) is -0.617. The number of furan rings is 1. The summed E-state index contributed by atoms with van der Waals surface area (Å²) in [5.41, 5.74) is -0.136. The van der Waals surface area contributed by atoms with Gasteiger partial charge in [-0.3, -0.25) is 0 Å². The Morgan fingerprint density at radius 1 is 1.64 bits per heavy atom. The largest absolute Gasteiger partial charge is 0.476 e. The van der Waals surface area contributed by atoms with E-state index in [2.05, 4.69) is 4.98 Å². The molecule has 0 aliphatic heterocycles. The molecule has 6 heteroatoms. The fourth-order valence-electron chi connectivity index (χ4n) is 0.939. The van der Waals surface area contributed by atoms with Gasteiger partial charge in [-0.25, -0.2) is 9.78 Å². The molecule has 0 amide bonds. The smallest absolute Gasteiger partial charge is 0.356 e. The van der Waals surface area contributed by atoms with Gasteiger partial charge in [0.2, 0.25) is 0 Å². The number of aromatic carboxylic acids is 1. The molecule has 0 fully saturated rings. The van der Waals surface area contributed by atoms with Crippen molar-refractivity contribution in [1.29, 1.82) is 0 Å². The minimum Gasteiger partial charge on any atom is -0.476 e. The van der Waals surface area contributed by atoms with E-state index in [0.29, 0.717) is 10.8 Å². The van der Waals surface area contributed by atoms with Crippen molar-refractivity contribution < 1.29 is 14.3 Å². The normalized spacial score (nSPS) is 10.4. The highest BCUT2D eigenvalue weighted by Crippen LogP contribution is 2.31. The van der Waals surface area contributed by atoms with Gasteiger partial charge in [-0.05, 0) is 12.1 Å². The zero-order valence-corrected chi connectivity index (χ0v) is 8.30. The first kappa shape index (κ1) is 9.23. The van der Waals surface area contributed by atoms with Crippen molar-refractivity contribution in [1.82, 2.24) is 4.98 Å². The summed E-state index contributed by atoms with van der Waals surface area (Å²) in [6.45, 7) is 0. The van der Waals surface area contributed by atoms with Crippen LogP contribution in [0.1, 0.15) is 10.5 Å². The van der Waals surface area contributed by atoms with Crippen LogP contribution in [0.15, 0.2) is 22.8 Å². The molecule has 0 aliphatic carbocycles. The summed E-state index contributed by atoms with van der Waals surface area (Å²) >= 11 is 6.77. The van der Waals surface area contributed by atoms with E-state index in [1.165, 1.54) is 6.26 Å². The van der Waals surface area contributed by atoms with Crippen LogP contribution < -0.4 is 0 Å². The number of hydrogen-bond donors (Lipinski definition) is 1. The lowest BCUT2D eigenvalue weighted by atomic mass is 10.4. The maximum Gasteiger partial charge on any atom is 0.356 e. The third kappa shape index (κ3) is 1.51. The second-order valence-corrected chi connectivity index (χ2v) is 4.02. The van der Waals surface area contributed by atoms with Crippen LogP contribution in [-0.4, -0.2) is 16.1 Å². The van der Waals surface area contributed by atoms with Crippen LogP contribution in [0.4, 0.5) is 0 Å². The van der Waals surface area contributed by atoms with Gasteiger partial charge in [-0.2, -0.15) is 0 Å². The van der Waals surface area contributed by atoms with Gasteiger partial charge >= 0.3 is 5.97 Å². The van der Waals surface area contributed by atoms with E-state index in [0.717, 1.165) is 11.3 Å². The first-order valence-corrected chi connectivity index (χ1v) is 4.81. The first-order chi connectivity index (χ1) is 6.68. The number of aromatic nitrogens is 1. The van der Waals surface area contributed by atoms with Crippen molar-refractivity contribution in [3.8, 4) is 10.8 Å². The summed E-state index contributed by atoms with van der Waals surface area (Å²) < 4.78 is 5.22. The van der Waals surface area contributed by atoms with Gasteiger partial charge in [0.1, 0.15) is 4.34 Å². The van der Waals surface area contributed by atoms with Gasteiger partial charge in [-0.15, -0.1) is 0 Å². The van der Waals surface area contributed by atoms with Crippen molar-refractivity contribution >= 4 is 28.9 Å². The number of carboxylic acids is 1. The van der Waals surface area contributed by atoms with Crippen LogP contribution in [0, 0.1) is 0 Å². The first-order valence-electron chi connectivity index (χ1n) is 3.62. The predicted molar refractivity (Wildman–Crippen MR) is 51.8 cm³/mol. The molecule has 2 rings (SSSR count). The Labute approximate surface area is 87.8 Å². The zero-order chi connectivity index (χ0) is 10.1. The number of carbonyl (C=O) groups is 1. The number of nitrogens with zero attached hydrogens (tertiary/aromatic N) is 1. The molecule has 2 heterocycles. The average molecular weight is 230 g/mol. The molecule has 0 aliphatic rings. The number of rotatable bonds is 2. The van der Waals surface area contributed by atoms with Crippen LogP contribution in [0.5, 0.6) is 0 Å². The van der Waals surface area contributed by atoms with Crippen LogP contribution in [-0.2, 0) is 0 Å². The summed E-state index contributed by atoms with van der Waals surface area (Å²) in [5, 5.41) is 9.18. The van der Waals surface area contributed by atoms with E-state index in [1.807, 2.05) is 0 Å². The molecule has 0 saturated heterocycles. The second kappa shape index (κ2) is 3.43. The topological polar surface area (TPSA) is 63.3 Å². The lowest BCUT2D eigenvalue weighted by molar-refractivity contribution is 0.0691. The molecule has 1 N–H and O–H groups in total. The van der Waals surface area contributed by atoms with E-state index < -0.39 is 5.97 Å². The molecule has 4 nitrogen and oxygen atoms in total. The van der Waals surface area contributed by atoms with Crippen molar-refractivity contribution in [2.75, 3.05) is 0 Å². The molecule has 72 valence electrons.